The topological polar surface area (TPSA) is 136 Å². The monoisotopic (exact) mass is 597 g/mol. The molecule has 2 N–H and O–H groups in total. The maximum Gasteiger partial charge on any atom is 0.312 e. The number of ether oxygens (including phenoxy) is 2. The minimum absolute atomic E-state index is 0.0101. The van der Waals surface area contributed by atoms with Crippen LogP contribution < -0.4 is 5.32 Å². The summed E-state index contributed by atoms with van der Waals surface area (Å²) in [4.78, 5) is 42.5. The van der Waals surface area contributed by atoms with Crippen LogP contribution in [0.3, 0.4) is 0 Å². The number of aliphatic hydroxyl groups is 1. The van der Waals surface area contributed by atoms with Crippen LogP contribution in [0.5, 0.6) is 0 Å². The highest BCUT2D eigenvalue weighted by molar-refractivity contribution is 9.09. The lowest BCUT2D eigenvalue weighted by Crippen LogP contribution is -2.56. The van der Waals surface area contributed by atoms with Crippen LogP contribution in [-0.2, 0) is 30.5 Å². The fourth-order valence-electron chi connectivity index (χ4n) is 6.52. The maximum absolute atomic E-state index is 14.2. The zero-order chi connectivity index (χ0) is 27.3. The number of hydrogen-bond acceptors (Lipinski definition) is 8. The molecule has 1 spiro atoms. The number of benzene rings is 2. The standard InChI is InChI=1S/C27H28BrN5O6/c1-2-38-26(37)20-21-25(36)33(19(13-34)15-8-4-3-5-9-15)23(27(21)12-16(28)22(20)39-27)24(35)29-14-32-18-11-7-6-10-17(18)30-31-32/h3-11,16,19-23,34H,2,12-14H2,1H3,(H,29,35)/t16?,19-,20-,21+,22-,23?,27?/m1/s1. The molecule has 12 heteroatoms. The number of esters is 1. The zero-order valence-electron chi connectivity index (χ0n) is 21.1. The Morgan fingerprint density at radius 1 is 1.23 bits per heavy atom. The Bertz CT molecular complexity index is 1420. The van der Waals surface area contributed by atoms with E-state index in [0.717, 1.165) is 5.52 Å². The highest BCUT2D eigenvalue weighted by Crippen LogP contribution is 2.61. The lowest BCUT2D eigenvalue weighted by Gasteiger charge is -2.37. The normalized spacial score (nSPS) is 30.0. The van der Waals surface area contributed by atoms with Crippen LogP contribution in [0.15, 0.2) is 54.6 Å². The maximum atomic E-state index is 14.2. The molecule has 3 unspecified atom stereocenters. The van der Waals surface area contributed by atoms with Crippen molar-refractivity contribution in [1.82, 2.24) is 25.2 Å². The molecule has 2 bridgehead atoms. The van der Waals surface area contributed by atoms with Crippen LogP contribution in [0, 0.1) is 11.8 Å². The van der Waals surface area contributed by atoms with E-state index in [2.05, 4.69) is 31.6 Å². The van der Waals surface area contributed by atoms with Crippen LogP contribution >= 0.6 is 15.9 Å². The van der Waals surface area contributed by atoms with Gasteiger partial charge in [-0.05, 0) is 31.0 Å². The van der Waals surface area contributed by atoms with Gasteiger partial charge in [0.25, 0.3) is 0 Å². The number of halogens is 1. The molecule has 3 aliphatic heterocycles. The molecule has 2 amide bonds. The van der Waals surface area contributed by atoms with Crippen molar-refractivity contribution in [1.29, 1.82) is 0 Å². The van der Waals surface area contributed by atoms with Gasteiger partial charge in [-0.25, -0.2) is 4.68 Å². The van der Waals surface area contributed by atoms with Gasteiger partial charge in [0.15, 0.2) is 0 Å². The van der Waals surface area contributed by atoms with E-state index in [1.165, 1.54) is 4.90 Å². The molecule has 2 aromatic carbocycles. The molecule has 204 valence electrons. The van der Waals surface area contributed by atoms with Crippen LogP contribution in [0.1, 0.15) is 24.9 Å². The van der Waals surface area contributed by atoms with Gasteiger partial charge in [0.05, 0.1) is 42.7 Å². The largest absolute Gasteiger partial charge is 0.466 e. The molecule has 0 radical (unpaired) electrons. The molecule has 3 aliphatic rings. The number of carbonyl (C=O) groups is 3. The van der Waals surface area contributed by atoms with Crippen molar-refractivity contribution in [3.63, 3.8) is 0 Å². The predicted molar refractivity (Wildman–Crippen MR) is 141 cm³/mol. The third-order valence-electron chi connectivity index (χ3n) is 8.05. The van der Waals surface area contributed by atoms with Crippen LogP contribution in [0.25, 0.3) is 11.0 Å². The van der Waals surface area contributed by atoms with Gasteiger partial charge in [-0.1, -0.05) is 63.6 Å². The van der Waals surface area contributed by atoms with Crippen molar-refractivity contribution in [2.24, 2.45) is 11.8 Å². The number of rotatable bonds is 8. The summed E-state index contributed by atoms with van der Waals surface area (Å²) in [6.45, 7) is 1.46. The summed E-state index contributed by atoms with van der Waals surface area (Å²) in [5, 5.41) is 21.7. The lowest BCUT2D eigenvalue weighted by atomic mass is 9.70. The second kappa shape index (κ2) is 10.00. The first-order chi connectivity index (χ1) is 18.9. The Morgan fingerprint density at radius 2 is 1.97 bits per heavy atom. The average molecular weight is 598 g/mol. The van der Waals surface area contributed by atoms with Crippen LogP contribution in [0.4, 0.5) is 0 Å². The zero-order valence-corrected chi connectivity index (χ0v) is 22.7. The first kappa shape index (κ1) is 25.9. The van der Waals surface area contributed by atoms with Gasteiger partial charge >= 0.3 is 5.97 Å². The van der Waals surface area contributed by atoms with Gasteiger partial charge in [-0.15, -0.1) is 5.10 Å². The van der Waals surface area contributed by atoms with Crippen molar-refractivity contribution in [2.45, 2.75) is 48.6 Å². The first-order valence-electron chi connectivity index (χ1n) is 12.9. The second-order valence-corrected chi connectivity index (χ2v) is 11.2. The van der Waals surface area contributed by atoms with E-state index in [4.69, 9.17) is 9.47 Å². The third kappa shape index (κ3) is 3.95. The fourth-order valence-corrected chi connectivity index (χ4v) is 7.47. The number of nitrogens with one attached hydrogen (secondary N) is 1. The van der Waals surface area contributed by atoms with E-state index in [1.807, 2.05) is 30.3 Å². The number of aliphatic hydroxyl groups excluding tert-OH is 1. The number of para-hydroxylation sites is 1. The van der Waals surface area contributed by atoms with Crippen LogP contribution in [-0.4, -0.2) is 78.6 Å². The minimum atomic E-state index is -1.27. The molecule has 3 saturated heterocycles. The van der Waals surface area contributed by atoms with Gasteiger partial charge < -0.3 is 24.8 Å². The number of hydrogen-bond donors (Lipinski definition) is 2. The molecule has 3 aromatic rings. The van der Waals surface area contributed by atoms with Crippen LogP contribution in [0.2, 0.25) is 0 Å². The number of amides is 2. The molecule has 6 rings (SSSR count). The van der Waals surface area contributed by atoms with Crippen molar-refractivity contribution in [3.8, 4) is 0 Å². The van der Waals surface area contributed by atoms with E-state index < -0.39 is 60.0 Å². The van der Waals surface area contributed by atoms with Gasteiger partial charge in [0.1, 0.15) is 23.8 Å². The number of nitrogens with zero attached hydrogens (tertiary/aromatic N) is 4. The molecule has 7 atom stereocenters. The van der Waals surface area contributed by atoms with Crippen molar-refractivity contribution < 1.29 is 29.0 Å². The molecular formula is C27H28BrN5O6. The van der Waals surface area contributed by atoms with E-state index in [1.54, 1.807) is 35.9 Å². The van der Waals surface area contributed by atoms with Crippen molar-refractivity contribution in [2.75, 3.05) is 13.2 Å². The van der Waals surface area contributed by atoms with Gasteiger partial charge in [-0.3, -0.25) is 14.4 Å². The van der Waals surface area contributed by atoms with Gasteiger partial charge in [-0.2, -0.15) is 0 Å². The lowest BCUT2D eigenvalue weighted by molar-refractivity contribution is -0.155. The second-order valence-electron chi connectivity index (χ2n) is 10.0. The summed E-state index contributed by atoms with van der Waals surface area (Å²) in [6, 6.07) is 14.5. The van der Waals surface area contributed by atoms with Crippen molar-refractivity contribution in [3.05, 3.63) is 60.2 Å². The average Bonchev–Trinajstić information content (AvgIpc) is 3.66. The number of alkyl halides is 1. The summed E-state index contributed by atoms with van der Waals surface area (Å²) in [6.07, 6.45) is -0.267. The van der Waals surface area contributed by atoms with E-state index in [0.29, 0.717) is 17.5 Å². The Labute approximate surface area is 232 Å². The Balaban J connectivity index is 1.39. The molecule has 0 saturated carbocycles. The smallest absolute Gasteiger partial charge is 0.312 e. The Morgan fingerprint density at radius 3 is 2.72 bits per heavy atom. The molecule has 3 fully saturated rings. The van der Waals surface area contributed by atoms with Crippen molar-refractivity contribution >= 4 is 44.7 Å². The summed E-state index contributed by atoms with van der Waals surface area (Å²) in [5.41, 5.74) is 0.822. The molecule has 1 aromatic heterocycles. The SMILES string of the molecule is CCOC(=O)[C@H]1[C@@H]2OC3(CC2Br)C(C(=O)NCn2nnc4ccccc42)N([C@H](CO)c2ccccc2)C(=O)[C@H]13. The highest BCUT2D eigenvalue weighted by Gasteiger charge is 2.77. The van der Waals surface area contributed by atoms with E-state index >= 15 is 0 Å². The number of fused-ring (bicyclic) bond motifs is 2. The molecule has 39 heavy (non-hydrogen) atoms. The van der Waals surface area contributed by atoms with E-state index in [9.17, 15) is 19.5 Å². The Kier molecular flexibility index (Phi) is 6.64. The summed E-state index contributed by atoms with van der Waals surface area (Å²) in [5.74, 6) is -3.20. The highest BCUT2D eigenvalue weighted by atomic mass is 79.9. The summed E-state index contributed by atoms with van der Waals surface area (Å²) in [7, 11) is 0. The number of carbonyl (C=O) groups excluding carboxylic acids is 3. The van der Waals surface area contributed by atoms with E-state index in [-0.39, 0.29) is 18.1 Å². The molecule has 4 heterocycles. The fraction of sp³-hybridized carbons (Fsp3) is 0.444. The third-order valence-corrected chi connectivity index (χ3v) is 8.90. The number of aromatic nitrogens is 3. The first-order valence-corrected chi connectivity index (χ1v) is 13.8. The summed E-state index contributed by atoms with van der Waals surface area (Å²) >= 11 is 3.63. The number of likely N-dealkylation sites (tertiary alicyclic amines) is 1. The predicted octanol–water partition coefficient (Wildman–Crippen LogP) is 1.55. The molecule has 0 aliphatic carbocycles. The minimum Gasteiger partial charge on any atom is -0.466 e. The molecular weight excluding hydrogens is 570 g/mol. The quantitative estimate of drug-likeness (QED) is 0.295. The Hall–Kier alpha value is -3.35. The summed E-state index contributed by atoms with van der Waals surface area (Å²) < 4.78 is 13.4. The van der Waals surface area contributed by atoms with Gasteiger partial charge in [0.2, 0.25) is 11.8 Å². The van der Waals surface area contributed by atoms with Gasteiger partial charge in [0, 0.05) is 4.83 Å². The molecule has 11 nitrogen and oxygen atoms in total.